The molecule has 0 N–H and O–H groups in total. The predicted octanol–water partition coefficient (Wildman–Crippen LogP) is 4.44. The van der Waals surface area contributed by atoms with Gasteiger partial charge in [0.1, 0.15) is 0 Å². The van der Waals surface area contributed by atoms with Gasteiger partial charge in [-0.25, -0.2) is 0 Å². The fourth-order valence-electron chi connectivity index (χ4n) is 0.807. The van der Waals surface area contributed by atoms with Gasteiger partial charge in [-0.2, -0.15) is 0 Å². The molecule has 0 atom stereocenters. The van der Waals surface area contributed by atoms with Crippen LogP contribution in [0.5, 0.6) is 0 Å². The highest BCUT2D eigenvalue weighted by molar-refractivity contribution is 8.04. The molecule has 13 heavy (non-hydrogen) atoms. The quantitative estimate of drug-likeness (QED) is 0.525. The molecule has 0 radical (unpaired) electrons. The minimum absolute atomic E-state index is 0.782. The Bertz CT molecular complexity index is 301. The summed E-state index contributed by atoms with van der Waals surface area (Å²) in [6, 6.07) is 10.1. The zero-order valence-corrected chi connectivity index (χ0v) is 8.98. The Morgan fingerprint density at radius 2 is 2.00 bits per heavy atom. The molecule has 0 heterocycles. The van der Waals surface area contributed by atoms with E-state index in [4.69, 9.17) is 11.6 Å². The van der Waals surface area contributed by atoms with E-state index in [-0.39, 0.29) is 0 Å². The lowest BCUT2D eigenvalue weighted by Gasteiger charge is -1.96. The largest absolute Gasteiger partial charge is 0.0876 e. The second-order valence-corrected chi connectivity index (χ2v) is 4.16. The maximum atomic E-state index is 5.97. The predicted molar refractivity (Wildman–Crippen MR) is 61.0 cm³/mol. The van der Waals surface area contributed by atoms with Crippen LogP contribution in [-0.2, 0) is 0 Å². The molecule has 0 aliphatic carbocycles. The summed E-state index contributed by atoms with van der Waals surface area (Å²) in [5.41, 5.74) is 0. The zero-order chi connectivity index (χ0) is 9.52. The van der Waals surface area contributed by atoms with Crippen molar-refractivity contribution in [2.45, 2.75) is 11.8 Å². The van der Waals surface area contributed by atoms with Gasteiger partial charge >= 0.3 is 0 Å². The Balaban J connectivity index is 2.60. The lowest BCUT2D eigenvalue weighted by atomic mass is 10.4. The molecule has 1 aromatic rings. The standard InChI is InChI=1S/C11H11ClS/c1-2-3-9-11(12)13-10-7-5-4-6-8-10/h2-9H,1H3. The van der Waals surface area contributed by atoms with Gasteiger partial charge in [-0.05, 0) is 25.1 Å². The number of rotatable bonds is 3. The molecule has 0 saturated carbocycles. The van der Waals surface area contributed by atoms with E-state index in [1.54, 1.807) is 11.8 Å². The highest BCUT2D eigenvalue weighted by Crippen LogP contribution is 2.28. The molecule has 1 rings (SSSR count). The average Bonchev–Trinajstić information content (AvgIpc) is 2.16. The van der Waals surface area contributed by atoms with Crippen LogP contribution in [0.15, 0.2) is 57.8 Å². The molecule has 0 nitrogen and oxygen atoms in total. The van der Waals surface area contributed by atoms with Crippen LogP contribution in [0, 0.1) is 0 Å². The fourth-order valence-corrected chi connectivity index (χ4v) is 1.81. The van der Waals surface area contributed by atoms with E-state index in [2.05, 4.69) is 0 Å². The van der Waals surface area contributed by atoms with E-state index in [1.807, 2.05) is 55.5 Å². The minimum Gasteiger partial charge on any atom is -0.0876 e. The van der Waals surface area contributed by atoms with E-state index < -0.39 is 0 Å². The minimum atomic E-state index is 0.782. The molecule has 0 aliphatic rings. The molecule has 0 unspecified atom stereocenters. The molecule has 0 fully saturated rings. The molecule has 2 heteroatoms. The van der Waals surface area contributed by atoms with Gasteiger partial charge in [-0.1, -0.05) is 53.7 Å². The fraction of sp³-hybridized carbons (Fsp3) is 0.0909. The summed E-state index contributed by atoms with van der Waals surface area (Å²) < 4.78 is 0.782. The highest BCUT2D eigenvalue weighted by Gasteiger charge is 1.93. The topological polar surface area (TPSA) is 0 Å². The third-order valence-electron chi connectivity index (χ3n) is 1.38. The van der Waals surface area contributed by atoms with Gasteiger partial charge in [0.05, 0.1) is 4.36 Å². The van der Waals surface area contributed by atoms with Crippen molar-refractivity contribution < 1.29 is 0 Å². The number of allylic oxidation sites excluding steroid dienone is 3. The van der Waals surface area contributed by atoms with E-state index >= 15 is 0 Å². The SMILES string of the molecule is CC=CC=C(Cl)Sc1ccccc1. The van der Waals surface area contributed by atoms with Crippen molar-refractivity contribution in [3.05, 3.63) is 52.9 Å². The molecule has 0 aromatic heterocycles. The van der Waals surface area contributed by atoms with Crippen LogP contribution < -0.4 is 0 Å². The molecule has 1 aromatic carbocycles. The number of halogens is 1. The van der Waals surface area contributed by atoms with Crippen LogP contribution in [-0.4, -0.2) is 0 Å². The van der Waals surface area contributed by atoms with Crippen molar-refractivity contribution in [3.63, 3.8) is 0 Å². The molecule has 0 bridgehead atoms. The van der Waals surface area contributed by atoms with Crippen molar-refractivity contribution in [1.82, 2.24) is 0 Å². The summed E-state index contributed by atoms with van der Waals surface area (Å²) in [4.78, 5) is 1.16. The first-order valence-electron chi connectivity index (χ1n) is 4.04. The van der Waals surface area contributed by atoms with Crippen LogP contribution in [0.4, 0.5) is 0 Å². The van der Waals surface area contributed by atoms with Crippen LogP contribution >= 0.6 is 23.4 Å². The molecule has 0 spiro atoms. The third-order valence-corrected chi connectivity index (χ3v) is 2.57. The molecule has 0 aliphatic heterocycles. The van der Waals surface area contributed by atoms with Crippen molar-refractivity contribution in [1.29, 1.82) is 0 Å². The van der Waals surface area contributed by atoms with Gasteiger partial charge in [0.25, 0.3) is 0 Å². The lowest BCUT2D eigenvalue weighted by Crippen LogP contribution is -1.67. The monoisotopic (exact) mass is 210 g/mol. The van der Waals surface area contributed by atoms with Gasteiger partial charge in [-0.3, -0.25) is 0 Å². The molecule has 0 saturated heterocycles. The summed E-state index contributed by atoms with van der Waals surface area (Å²) in [7, 11) is 0. The van der Waals surface area contributed by atoms with Crippen LogP contribution in [0.2, 0.25) is 0 Å². The summed E-state index contributed by atoms with van der Waals surface area (Å²) >= 11 is 7.53. The van der Waals surface area contributed by atoms with Crippen LogP contribution in [0.25, 0.3) is 0 Å². The molecular formula is C11H11ClS. The Labute approximate surface area is 88.3 Å². The van der Waals surface area contributed by atoms with Crippen LogP contribution in [0.3, 0.4) is 0 Å². The smallest absolute Gasteiger partial charge is 0.0782 e. The van der Waals surface area contributed by atoms with Crippen molar-refractivity contribution in [3.8, 4) is 0 Å². The number of hydrogen-bond acceptors (Lipinski definition) is 1. The van der Waals surface area contributed by atoms with Crippen molar-refractivity contribution >= 4 is 23.4 Å². The van der Waals surface area contributed by atoms with E-state index in [0.29, 0.717) is 0 Å². The van der Waals surface area contributed by atoms with Crippen LogP contribution in [0.1, 0.15) is 6.92 Å². The van der Waals surface area contributed by atoms with Gasteiger partial charge < -0.3 is 0 Å². The van der Waals surface area contributed by atoms with E-state index in [0.717, 1.165) is 9.26 Å². The Hall–Kier alpha value is -0.660. The first kappa shape index (κ1) is 10.4. The Kier molecular flexibility index (Phi) is 4.73. The van der Waals surface area contributed by atoms with Gasteiger partial charge in [0.15, 0.2) is 0 Å². The van der Waals surface area contributed by atoms with Crippen molar-refractivity contribution in [2.24, 2.45) is 0 Å². The molecule has 68 valence electrons. The van der Waals surface area contributed by atoms with Gasteiger partial charge in [0, 0.05) is 4.90 Å². The average molecular weight is 211 g/mol. The maximum Gasteiger partial charge on any atom is 0.0782 e. The summed E-state index contributed by atoms with van der Waals surface area (Å²) in [5, 5.41) is 0. The van der Waals surface area contributed by atoms with E-state index in [9.17, 15) is 0 Å². The van der Waals surface area contributed by atoms with Gasteiger partial charge in [-0.15, -0.1) is 0 Å². The van der Waals surface area contributed by atoms with E-state index in [1.165, 1.54) is 0 Å². The molecule has 0 amide bonds. The second-order valence-electron chi connectivity index (χ2n) is 2.41. The first-order chi connectivity index (χ1) is 6.33. The zero-order valence-electron chi connectivity index (χ0n) is 7.41. The molecular weight excluding hydrogens is 200 g/mol. The Morgan fingerprint density at radius 3 is 2.62 bits per heavy atom. The first-order valence-corrected chi connectivity index (χ1v) is 5.24. The number of thioether (sulfide) groups is 1. The number of benzene rings is 1. The summed E-state index contributed by atoms with van der Waals surface area (Å²) in [6.45, 7) is 1.97. The lowest BCUT2D eigenvalue weighted by molar-refractivity contribution is 1.47. The van der Waals surface area contributed by atoms with Crippen molar-refractivity contribution in [2.75, 3.05) is 0 Å². The summed E-state index contributed by atoms with van der Waals surface area (Å²) in [5.74, 6) is 0. The summed E-state index contributed by atoms with van der Waals surface area (Å²) in [6.07, 6.45) is 5.77. The normalized spacial score (nSPS) is 12.3. The third kappa shape index (κ3) is 4.20. The second kappa shape index (κ2) is 5.90. The van der Waals surface area contributed by atoms with Gasteiger partial charge in [0.2, 0.25) is 0 Å². The highest BCUT2D eigenvalue weighted by atomic mass is 35.5. The maximum absolute atomic E-state index is 5.97. The number of hydrogen-bond donors (Lipinski definition) is 0. The Morgan fingerprint density at radius 1 is 1.31 bits per heavy atom.